The third-order valence-electron chi connectivity index (χ3n) is 4.12. The lowest BCUT2D eigenvalue weighted by atomic mass is 9.96. The van der Waals surface area contributed by atoms with Gasteiger partial charge >= 0.3 is 0 Å². The molecule has 0 aromatic heterocycles. The van der Waals surface area contributed by atoms with Crippen LogP contribution >= 0.6 is 0 Å². The number of nitrogen functional groups attached to an aromatic ring is 1. The van der Waals surface area contributed by atoms with Crippen LogP contribution in [0.4, 0.5) is 11.4 Å². The van der Waals surface area contributed by atoms with E-state index >= 15 is 0 Å². The van der Waals surface area contributed by atoms with Gasteiger partial charge in [0, 0.05) is 5.92 Å². The predicted molar refractivity (Wildman–Crippen MR) is 73.2 cm³/mol. The maximum absolute atomic E-state index is 12.4. The van der Waals surface area contributed by atoms with E-state index in [4.69, 9.17) is 5.73 Å². The zero-order valence-corrected chi connectivity index (χ0v) is 10.8. The maximum Gasteiger partial charge on any atom is 0.228 e. The summed E-state index contributed by atoms with van der Waals surface area (Å²) in [5.41, 5.74) is 8.44. The van der Waals surface area contributed by atoms with Crippen molar-refractivity contribution in [3.05, 3.63) is 23.8 Å². The van der Waals surface area contributed by atoms with Gasteiger partial charge in [0.15, 0.2) is 0 Å². The van der Waals surface area contributed by atoms with Crippen molar-refractivity contribution in [2.24, 2.45) is 17.8 Å². The highest BCUT2D eigenvalue weighted by molar-refractivity contribution is 5.96. The van der Waals surface area contributed by atoms with Gasteiger partial charge in [0.25, 0.3) is 0 Å². The Kier molecular flexibility index (Phi) is 2.77. The second-order valence-electron chi connectivity index (χ2n) is 5.73. The van der Waals surface area contributed by atoms with Crippen molar-refractivity contribution in [1.29, 1.82) is 0 Å². The molecule has 0 radical (unpaired) electrons. The minimum absolute atomic E-state index is 0.181. The van der Waals surface area contributed by atoms with Gasteiger partial charge in [-0.2, -0.15) is 0 Å². The fraction of sp³-hybridized carbons (Fsp3) is 0.533. The van der Waals surface area contributed by atoms with Gasteiger partial charge in [-0.15, -0.1) is 0 Å². The van der Waals surface area contributed by atoms with Crippen LogP contribution in [0, 0.1) is 24.7 Å². The summed E-state index contributed by atoms with van der Waals surface area (Å²) >= 11 is 0. The van der Waals surface area contributed by atoms with Crippen LogP contribution in [0.5, 0.6) is 0 Å². The van der Waals surface area contributed by atoms with Gasteiger partial charge in [-0.1, -0.05) is 12.1 Å². The molecule has 0 bridgehead atoms. The number of benzene rings is 1. The summed E-state index contributed by atoms with van der Waals surface area (Å²) in [5.74, 6) is 1.66. The SMILES string of the molecule is Cc1cccc(N)c1NC(=O)C(C1CC1)C1CC1. The highest BCUT2D eigenvalue weighted by Crippen LogP contribution is 2.49. The Balaban J connectivity index is 1.76. The minimum atomic E-state index is 0.181. The third-order valence-corrected chi connectivity index (χ3v) is 4.12. The lowest BCUT2D eigenvalue weighted by molar-refractivity contribution is -0.121. The number of carbonyl (C=O) groups is 1. The zero-order valence-electron chi connectivity index (χ0n) is 10.8. The highest BCUT2D eigenvalue weighted by Gasteiger charge is 2.45. The molecule has 1 amide bonds. The number of nitrogens with two attached hydrogens (primary N) is 1. The van der Waals surface area contributed by atoms with Gasteiger partial charge in [0.2, 0.25) is 5.91 Å². The molecule has 0 saturated heterocycles. The fourth-order valence-corrected chi connectivity index (χ4v) is 2.79. The molecule has 0 unspecified atom stereocenters. The van der Waals surface area contributed by atoms with Gasteiger partial charge in [0.1, 0.15) is 0 Å². The Hall–Kier alpha value is -1.51. The van der Waals surface area contributed by atoms with Gasteiger partial charge < -0.3 is 11.1 Å². The van der Waals surface area contributed by atoms with Crippen LogP contribution in [0.1, 0.15) is 31.2 Å². The largest absolute Gasteiger partial charge is 0.397 e. The molecule has 96 valence electrons. The number of aryl methyl sites for hydroxylation is 1. The number of rotatable bonds is 4. The van der Waals surface area contributed by atoms with Crippen LogP contribution in [0.15, 0.2) is 18.2 Å². The van der Waals surface area contributed by atoms with E-state index in [2.05, 4.69) is 5.32 Å². The van der Waals surface area contributed by atoms with Gasteiger partial charge in [-0.05, 0) is 56.1 Å². The second kappa shape index (κ2) is 4.30. The smallest absolute Gasteiger partial charge is 0.228 e. The molecule has 2 fully saturated rings. The van der Waals surface area contributed by atoms with E-state index in [9.17, 15) is 4.79 Å². The number of hydrogen-bond donors (Lipinski definition) is 2. The number of amides is 1. The van der Waals surface area contributed by atoms with E-state index in [-0.39, 0.29) is 11.8 Å². The summed E-state index contributed by atoms with van der Waals surface area (Å²) in [4.78, 5) is 12.4. The molecule has 18 heavy (non-hydrogen) atoms. The van der Waals surface area contributed by atoms with Crippen molar-refractivity contribution in [1.82, 2.24) is 0 Å². The maximum atomic E-state index is 12.4. The van der Waals surface area contributed by atoms with Crippen molar-refractivity contribution in [2.45, 2.75) is 32.6 Å². The number of hydrogen-bond acceptors (Lipinski definition) is 2. The highest BCUT2D eigenvalue weighted by atomic mass is 16.1. The number of para-hydroxylation sites is 1. The van der Waals surface area contributed by atoms with Crippen LogP contribution in [0.2, 0.25) is 0 Å². The molecule has 3 rings (SSSR count). The molecule has 2 saturated carbocycles. The summed E-state index contributed by atoms with van der Waals surface area (Å²) in [6, 6.07) is 5.74. The lowest BCUT2D eigenvalue weighted by Crippen LogP contribution is -2.26. The molecule has 0 heterocycles. The Morgan fingerprint density at radius 1 is 1.28 bits per heavy atom. The molecule has 2 aliphatic carbocycles. The van der Waals surface area contributed by atoms with Crippen molar-refractivity contribution >= 4 is 17.3 Å². The van der Waals surface area contributed by atoms with E-state index in [0.29, 0.717) is 17.5 Å². The molecule has 3 heteroatoms. The van der Waals surface area contributed by atoms with Crippen molar-refractivity contribution < 1.29 is 4.79 Å². The molecule has 1 aromatic rings. The molecule has 0 spiro atoms. The van der Waals surface area contributed by atoms with E-state index < -0.39 is 0 Å². The van der Waals surface area contributed by atoms with E-state index in [0.717, 1.165) is 11.3 Å². The summed E-state index contributed by atoms with van der Waals surface area (Å²) < 4.78 is 0. The Morgan fingerprint density at radius 3 is 2.39 bits per heavy atom. The first-order chi connectivity index (χ1) is 8.66. The molecule has 0 atom stereocenters. The molecule has 3 N–H and O–H groups in total. The fourth-order valence-electron chi connectivity index (χ4n) is 2.79. The molecular formula is C15H20N2O. The van der Waals surface area contributed by atoms with Crippen molar-refractivity contribution in [3.63, 3.8) is 0 Å². The van der Waals surface area contributed by atoms with Gasteiger partial charge in [-0.3, -0.25) is 4.79 Å². The number of anilines is 2. The van der Waals surface area contributed by atoms with E-state index in [1.807, 2.05) is 25.1 Å². The first-order valence-electron chi connectivity index (χ1n) is 6.83. The second-order valence-corrected chi connectivity index (χ2v) is 5.73. The normalized spacial score (nSPS) is 19.0. The molecule has 2 aliphatic rings. The third kappa shape index (κ3) is 2.22. The van der Waals surface area contributed by atoms with Crippen LogP contribution in [0.25, 0.3) is 0 Å². The summed E-state index contributed by atoms with van der Waals surface area (Å²) in [6.45, 7) is 1.98. The predicted octanol–water partition coefficient (Wildman–Crippen LogP) is 2.95. The quantitative estimate of drug-likeness (QED) is 0.800. The summed E-state index contributed by atoms with van der Waals surface area (Å²) in [7, 11) is 0. The van der Waals surface area contributed by atoms with Crippen LogP contribution in [0.3, 0.4) is 0 Å². The zero-order chi connectivity index (χ0) is 12.7. The summed E-state index contributed by atoms with van der Waals surface area (Å²) in [6.07, 6.45) is 4.88. The lowest BCUT2D eigenvalue weighted by Gasteiger charge is -2.17. The number of nitrogens with one attached hydrogen (secondary N) is 1. The Morgan fingerprint density at radius 2 is 1.89 bits per heavy atom. The van der Waals surface area contributed by atoms with Crippen molar-refractivity contribution in [3.8, 4) is 0 Å². The van der Waals surface area contributed by atoms with Crippen LogP contribution in [-0.4, -0.2) is 5.91 Å². The first-order valence-corrected chi connectivity index (χ1v) is 6.83. The topological polar surface area (TPSA) is 55.1 Å². The Bertz CT molecular complexity index is 443. The van der Waals surface area contributed by atoms with Gasteiger partial charge in [0.05, 0.1) is 11.4 Å². The van der Waals surface area contributed by atoms with Crippen molar-refractivity contribution in [2.75, 3.05) is 11.1 Å². The molecule has 3 nitrogen and oxygen atoms in total. The van der Waals surface area contributed by atoms with E-state index in [1.54, 1.807) is 0 Å². The average Bonchev–Trinajstić information content (AvgIpc) is 3.17. The summed E-state index contributed by atoms with van der Waals surface area (Å²) in [5, 5.41) is 3.06. The van der Waals surface area contributed by atoms with Crippen LogP contribution in [-0.2, 0) is 4.79 Å². The standard InChI is InChI=1S/C15H20N2O/c1-9-3-2-4-12(16)14(9)17-15(18)13(10-5-6-10)11-7-8-11/h2-4,10-11,13H,5-8,16H2,1H3,(H,17,18). The Labute approximate surface area is 108 Å². The molecule has 0 aliphatic heterocycles. The monoisotopic (exact) mass is 244 g/mol. The van der Waals surface area contributed by atoms with Gasteiger partial charge in [-0.25, -0.2) is 0 Å². The van der Waals surface area contributed by atoms with E-state index in [1.165, 1.54) is 25.7 Å². The minimum Gasteiger partial charge on any atom is -0.397 e. The van der Waals surface area contributed by atoms with Crippen LogP contribution < -0.4 is 11.1 Å². The molecule has 1 aromatic carbocycles. The molecular weight excluding hydrogens is 224 g/mol. The number of carbonyl (C=O) groups excluding carboxylic acids is 1. The average molecular weight is 244 g/mol. The first kappa shape index (κ1) is 11.6.